The van der Waals surface area contributed by atoms with Crippen molar-refractivity contribution in [1.82, 2.24) is 4.90 Å². The van der Waals surface area contributed by atoms with Crippen LogP contribution in [0, 0.1) is 5.92 Å². The molecule has 4 heteroatoms. The molecule has 1 heterocycles. The van der Waals surface area contributed by atoms with Crippen molar-refractivity contribution in [3.63, 3.8) is 0 Å². The SMILES string of the molecule is NC(=O)[C@@H]1CCN(C(=O)C(c2ccccc2)c2ccccc2)C1. The minimum absolute atomic E-state index is 0.0335. The van der Waals surface area contributed by atoms with Gasteiger partial charge in [0.15, 0.2) is 0 Å². The van der Waals surface area contributed by atoms with Crippen LogP contribution in [0.15, 0.2) is 60.7 Å². The quantitative estimate of drug-likeness (QED) is 0.940. The van der Waals surface area contributed by atoms with Crippen molar-refractivity contribution >= 4 is 11.8 Å². The molecular weight excluding hydrogens is 288 g/mol. The number of carbonyl (C=O) groups is 2. The molecule has 0 bridgehead atoms. The minimum atomic E-state index is -0.343. The third-order valence-corrected chi connectivity index (χ3v) is 4.42. The molecule has 4 nitrogen and oxygen atoms in total. The van der Waals surface area contributed by atoms with Gasteiger partial charge < -0.3 is 10.6 Å². The molecule has 3 rings (SSSR count). The predicted octanol–water partition coefficient (Wildman–Crippen LogP) is 2.15. The van der Waals surface area contributed by atoms with Crippen molar-refractivity contribution in [2.75, 3.05) is 13.1 Å². The summed E-state index contributed by atoms with van der Waals surface area (Å²) in [5, 5.41) is 0. The average Bonchev–Trinajstić information content (AvgIpc) is 3.07. The van der Waals surface area contributed by atoms with Crippen molar-refractivity contribution in [2.45, 2.75) is 12.3 Å². The van der Waals surface area contributed by atoms with E-state index in [4.69, 9.17) is 5.73 Å². The van der Waals surface area contributed by atoms with Gasteiger partial charge in [0.1, 0.15) is 0 Å². The molecule has 0 saturated carbocycles. The maximum atomic E-state index is 13.1. The molecule has 1 aliphatic heterocycles. The van der Waals surface area contributed by atoms with Crippen molar-refractivity contribution < 1.29 is 9.59 Å². The summed E-state index contributed by atoms with van der Waals surface area (Å²) in [6.07, 6.45) is 0.650. The molecule has 2 N–H and O–H groups in total. The van der Waals surface area contributed by atoms with Crippen LogP contribution in [0.1, 0.15) is 23.5 Å². The number of hydrogen-bond acceptors (Lipinski definition) is 2. The Labute approximate surface area is 135 Å². The van der Waals surface area contributed by atoms with Crippen molar-refractivity contribution in [2.24, 2.45) is 11.7 Å². The molecule has 1 aliphatic rings. The third-order valence-electron chi connectivity index (χ3n) is 4.42. The zero-order valence-corrected chi connectivity index (χ0v) is 12.9. The van der Waals surface area contributed by atoms with E-state index in [0.717, 1.165) is 11.1 Å². The number of primary amides is 1. The van der Waals surface area contributed by atoms with Gasteiger partial charge in [0.25, 0.3) is 0 Å². The molecule has 2 aromatic rings. The summed E-state index contributed by atoms with van der Waals surface area (Å²) in [6, 6.07) is 19.5. The second-order valence-corrected chi connectivity index (χ2v) is 5.93. The van der Waals surface area contributed by atoms with E-state index in [1.807, 2.05) is 60.7 Å². The van der Waals surface area contributed by atoms with Crippen LogP contribution in [0.2, 0.25) is 0 Å². The van der Waals surface area contributed by atoms with Crippen molar-refractivity contribution in [3.05, 3.63) is 71.8 Å². The van der Waals surface area contributed by atoms with Crippen LogP contribution in [0.5, 0.6) is 0 Å². The molecule has 0 radical (unpaired) electrons. The second kappa shape index (κ2) is 6.65. The van der Waals surface area contributed by atoms with Crippen molar-refractivity contribution in [1.29, 1.82) is 0 Å². The first-order valence-corrected chi connectivity index (χ1v) is 7.85. The van der Waals surface area contributed by atoms with Gasteiger partial charge >= 0.3 is 0 Å². The summed E-state index contributed by atoms with van der Waals surface area (Å²) in [5.74, 6) is -0.863. The molecule has 2 amide bonds. The molecular formula is C19H20N2O2. The van der Waals surface area contributed by atoms with Crippen LogP contribution >= 0.6 is 0 Å². The summed E-state index contributed by atoms with van der Waals surface area (Å²) < 4.78 is 0. The Morgan fingerprint density at radius 3 is 1.91 bits per heavy atom. The van der Waals surface area contributed by atoms with Gasteiger partial charge in [0, 0.05) is 13.1 Å². The fourth-order valence-electron chi connectivity index (χ4n) is 3.14. The average molecular weight is 308 g/mol. The highest BCUT2D eigenvalue weighted by atomic mass is 16.2. The summed E-state index contributed by atoms with van der Waals surface area (Å²) in [7, 11) is 0. The summed E-state index contributed by atoms with van der Waals surface area (Å²) >= 11 is 0. The summed E-state index contributed by atoms with van der Waals surface area (Å²) in [5.41, 5.74) is 7.31. The van der Waals surface area contributed by atoms with Gasteiger partial charge in [0.2, 0.25) is 11.8 Å². The van der Waals surface area contributed by atoms with Crippen LogP contribution in [0.3, 0.4) is 0 Å². The van der Waals surface area contributed by atoms with Crippen LogP contribution in [0.25, 0.3) is 0 Å². The Morgan fingerprint density at radius 2 is 1.48 bits per heavy atom. The molecule has 1 atom stereocenters. The first-order valence-electron chi connectivity index (χ1n) is 7.85. The monoisotopic (exact) mass is 308 g/mol. The number of amides is 2. The normalized spacial score (nSPS) is 17.4. The number of rotatable bonds is 4. The maximum Gasteiger partial charge on any atom is 0.234 e. The Morgan fingerprint density at radius 1 is 0.957 bits per heavy atom. The van der Waals surface area contributed by atoms with E-state index in [1.165, 1.54) is 0 Å². The van der Waals surface area contributed by atoms with Gasteiger partial charge in [-0.15, -0.1) is 0 Å². The number of likely N-dealkylation sites (tertiary alicyclic amines) is 1. The smallest absolute Gasteiger partial charge is 0.234 e. The van der Waals surface area contributed by atoms with Crippen LogP contribution in [-0.4, -0.2) is 29.8 Å². The molecule has 2 aromatic carbocycles. The van der Waals surface area contributed by atoms with E-state index < -0.39 is 0 Å². The number of nitrogens with zero attached hydrogens (tertiary/aromatic N) is 1. The largest absolute Gasteiger partial charge is 0.369 e. The van der Waals surface area contributed by atoms with E-state index in [2.05, 4.69) is 0 Å². The first-order chi connectivity index (χ1) is 11.2. The topological polar surface area (TPSA) is 63.4 Å². The number of benzene rings is 2. The Hall–Kier alpha value is -2.62. The second-order valence-electron chi connectivity index (χ2n) is 5.93. The molecule has 1 saturated heterocycles. The Kier molecular flexibility index (Phi) is 4.42. The number of carbonyl (C=O) groups excluding carboxylic acids is 2. The van der Waals surface area contributed by atoms with Crippen LogP contribution in [-0.2, 0) is 9.59 Å². The van der Waals surface area contributed by atoms with Gasteiger partial charge in [-0.1, -0.05) is 60.7 Å². The molecule has 1 fully saturated rings. The fourth-order valence-corrected chi connectivity index (χ4v) is 3.14. The predicted molar refractivity (Wildman–Crippen MR) is 88.6 cm³/mol. The third kappa shape index (κ3) is 3.26. The lowest BCUT2D eigenvalue weighted by atomic mass is 9.90. The molecule has 0 aliphatic carbocycles. The lowest BCUT2D eigenvalue weighted by molar-refractivity contribution is -0.131. The van der Waals surface area contributed by atoms with E-state index in [0.29, 0.717) is 19.5 Å². The van der Waals surface area contributed by atoms with Gasteiger partial charge in [-0.25, -0.2) is 0 Å². The molecule has 118 valence electrons. The summed E-state index contributed by atoms with van der Waals surface area (Å²) in [4.78, 5) is 26.2. The highest BCUT2D eigenvalue weighted by molar-refractivity contribution is 5.88. The zero-order valence-electron chi connectivity index (χ0n) is 12.9. The van der Waals surface area contributed by atoms with E-state index in [9.17, 15) is 9.59 Å². The van der Waals surface area contributed by atoms with Crippen LogP contribution in [0.4, 0.5) is 0 Å². The maximum absolute atomic E-state index is 13.1. The van der Waals surface area contributed by atoms with E-state index in [-0.39, 0.29) is 23.7 Å². The van der Waals surface area contributed by atoms with Gasteiger partial charge in [0.05, 0.1) is 11.8 Å². The summed E-state index contributed by atoms with van der Waals surface area (Å²) in [6.45, 7) is 1.01. The zero-order chi connectivity index (χ0) is 16.2. The molecule has 0 aromatic heterocycles. The van der Waals surface area contributed by atoms with Gasteiger partial charge in [-0.3, -0.25) is 9.59 Å². The number of nitrogens with two attached hydrogens (primary N) is 1. The first kappa shape index (κ1) is 15.3. The molecule has 0 spiro atoms. The van der Waals surface area contributed by atoms with E-state index in [1.54, 1.807) is 4.90 Å². The minimum Gasteiger partial charge on any atom is -0.369 e. The van der Waals surface area contributed by atoms with Gasteiger partial charge in [-0.2, -0.15) is 0 Å². The van der Waals surface area contributed by atoms with Crippen molar-refractivity contribution in [3.8, 4) is 0 Å². The highest BCUT2D eigenvalue weighted by Gasteiger charge is 2.34. The lowest BCUT2D eigenvalue weighted by Crippen LogP contribution is -2.35. The van der Waals surface area contributed by atoms with Gasteiger partial charge in [-0.05, 0) is 17.5 Å². The lowest BCUT2D eigenvalue weighted by Gasteiger charge is -2.24. The van der Waals surface area contributed by atoms with Crippen LogP contribution < -0.4 is 5.73 Å². The Bertz CT molecular complexity index is 646. The molecule has 23 heavy (non-hydrogen) atoms. The van der Waals surface area contributed by atoms with E-state index >= 15 is 0 Å². The number of hydrogen-bond donors (Lipinski definition) is 1. The standard InChI is InChI=1S/C19H20N2O2/c20-18(22)16-11-12-21(13-16)19(23)17(14-7-3-1-4-8-14)15-9-5-2-6-10-15/h1-10,16-17H,11-13H2,(H2,20,22)/t16-/m1/s1. The fraction of sp³-hybridized carbons (Fsp3) is 0.263. The Balaban J connectivity index is 1.90. The molecule has 0 unspecified atom stereocenters. The highest BCUT2D eigenvalue weighted by Crippen LogP contribution is 2.29.